The van der Waals surface area contributed by atoms with Crippen molar-refractivity contribution in [2.24, 2.45) is 0 Å². The number of hydrogen-bond donors (Lipinski definition) is 1. The maximum Gasteiger partial charge on any atom is 0.312 e. The van der Waals surface area contributed by atoms with E-state index >= 15 is 0 Å². The molecule has 0 aromatic heterocycles. The lowest BCUT2D eigenvalue weighted by Crippen LogP contribution is -2.53. The van der Waals surface area contributed by atoms with Crippen LogP contribution in [-0.4, -0.2) is 41.2 Å². The van der Waals surface area contributed by atoms with Crippen LogP contribution in [0.15, 0.2) is 18.2 Å². The van der Waals surface area contributed by atoms with E-state index in [2.05, 4.69) is 0 Å². The SMILES string of the molecule is CCN1CCN(Cc2ccc(Cl)c(N)c2)C(=O)C1=O. The largest absolute Gasteiger partial charge is 0.398 e. The number of nitrogens with two attached hydrogens (primary N) is 1. The highest BCUT2D eigenvalue weighted by atomic mass is 35.5. The van der Waals surface area contributed by atoms with E-state index in [9.17, 15) is 9.59 Å². The summed E-state index contributed by atoms with van der Waals surface area (Å²) >= 11 is 5.85. The van der Waals surface area contributed by atoms with Gasteiger partial charge in [0.15, 0.2) is 0 Å². The zero-order valence-corrected chi connectivity index (χ0v) is 11.5. The van der Waals surface area contributed by atoms with Gasteiger partial charge >= 0.3 is 11.8 Å². The van der Waals surface area contributed by atoms with E-state index in [1.165, 1.54) is 4.90 Å². The molecule has 6 heteroatoms. The van der Waals surface area contributed by atoms with Gasteiger partial charge in [0, 0.05) is 26.2 Å². The average Bonchev–Trinajstić information content (AvgIpc) is 2.40. The van der Waals surface area contributed by atoms with Crippen molar-refractivity contribution in [3.63, 3.8) is 0 Å². The Morgan fingerprint density at radius 2 is 1.84 bits per heavy atom. The van der Waals surface area contributed by atoms with E-state index in [1.54, 1.807) is 17.0 Å². The maximum atomic E-state index is 11.9. The molecule has 2 N–H and O–H groups in total. The summed E-state index contributed by atoms with van der Waals surface area (Å²) in [6.45, 7) is 3.92. The number of nitrogen functional groups attached to an aromatic ring is 1. The van der Waals surface area contributed by atoms with Gasteiger partial charge < -0.3 is 15.5 Å². The van der Waals surface area contributed by atoms with Crippen LogP contribution in [0.5, 0.6) is 0 Å². The van der Waals surface area contributed by atoms with Gasteiger partial charge in [0.1, 0.15) is 0 Å². The third kappa shape index (κ3) is 2.81. The number of amides is 2. The zero-order chi connectivity index (χ0) is 14.0. The van der Waals surface area contributed by atoms with Crippen LogP contribution in [0.4, 0.5) is 5.69 Å². The molecule has 102 valence electrons. The van der Waals surface area contributed by atoms with Gasteiger partial charge in [0.2, 0.25) is 0 Å². The smallest absolute Gasteiger partial charge is 0.312 e. The van der Waals surface area contributed by atoms with E-state index < -0.39 is 11.8 Å². The summed E-state index contributed by atoms with van der Waals surface area (Å²) < 4.78 is 0. The molecule has 1 aliphatic heterocycles. The molecule has 1 aromatic rings. The molecule has 0 unspecified atom stereocenters. The lowest BCUT2D eigenvalue weighted by Gasteiger charge is -2.33. The zero-order valence-electron chi connectivity index (χ0n) is 10.7. The average molecular weight is 282 g/mol. The van der Waals surface area contributed by atoms with Gasteiger partial charge in [-0.25, -0.2) is 0 Å². The second-order valence-corrected chi connectivity index (χ2v) is 4.87. The Morgan fingerprint density at radius 3 is 2.47 bits per heavy atom. The first-order valence-electron chi connectivity index (χ1n) is 6.15. The Morgan fingerprint density at radius 1 is 1.21 bits per heavy atom. The van der Waals surface area contributed by atoms with Crippen LogP contribution in [0.1, 0.15) is 12.5 Å². The molecule has 0 spiro atoms. The highest BCUT2D eigenvalue weighted by Gasteiger charge is 2.31. The van der Waals surface area contributed by atoms with Crippen molar-refractivity contribution < 1.29 is 9.59 Å². The van der Waals surface area contributed by atoms with Crippen LogP contribution in [0.25, 0.3) is 0 Å². The number of likely N-dealkylation sites (N-methyl/N-ethyl adjacent to an activating group) is 1. The summed E-state index contributed by atoms with van der Waals surface area (Å²) in [5.41, 5.74) is 7.07. The summed E-state index contributed by atoms with van der Waals surface area (Å²) in [5, 5.41) is 0.488. The van der Waals surface area contributed by atoms with E-state index in [4.69, 9.17) is 17.3 Å². The number of hydrogen-bond acceptors (Lipinski definition) is 3. The third-order valence-electron chi connectivity index (χ3n) is 3.21. The van der Waals surface area contributed by atoms with Crippen molar-refractivity contribution >= 4 is 29.1 Å². The Kier molecular flexibility index (Phi) is 3.95. The first-order chi connectivity index (χ1) is 9.02. The molecule has 0 saturated carbocycles. The van der Waals surface area contributed by atoms with Crippen molar-refractivity contribution in [3.8, 4) is 0 Å². The molecule has 1 saturated heterocycles. The van der Waals surface area contributed by atoms with Gasteiger partial charge in [-0.3, -0.25) is 9.59 Å². The Bertz CT molecular complexity index is 519. The quantitative estimate of drug-likeness (QED) is 0.667. The normalized spacial score (nSPS) is 16.1. The van der Waals surface area contributed by atoms with Gasteiger partial charge in [-0.05, 0) is 24.6 Å². The van der Waals surface area contributed by atoms with Crippen LogP contribution in [0.3, 0.4) is 0 Å². The van der Waals surface area contributed by atoms with Crippen LogP contribution in [-0.2, 0) is 16.1 Å². The van der Waals surface area contributed by atoms with E-state index in [-0.39, 0.29) is 0 Å². The fourth-order valence-corrected chi connectivity index (χ4v) is 2.20. The molecule has 2 rings (SSSR count). The summed E-state index contributed by atoms with van der Waals surface area (Å²) in [7, 11) is 0. The first-order valence-corrected chi connectivity index (χ1v) is 6.52. The number of rotatable bonds is 3. The molecule has 1 aromatic carbocycles. The Hall–Kier alpha value is -1.75. The molecule has 1 aliphatic rings. The van der Waals surface area contributed by atoms with Gasteiger partial charge in [-0.15, -0.1) is 0 Å². The number of carbonyl (C=O) groups excluding carboxylic acids is 2. The minimum Gasteiger partial charge on any atom is -0.398 e. The number of nitrogens with zero attached hydrogens (tertiary/aromatic N) is 2. The predicted octanol–water partition coefficient (Wildman–Crippen LogP) is 1.11. The van der Waals surface area contributed by atoms with Crippen LogP contribution in [0.2, 0.25) is 5.02 Å². The fourth-order valence-electron chi connectivity index (χ4n) is 2.08. The fraction of sp³-hybridized carbons (Fsp3) is 0.385. The maximum absolute atomic E-state index is 11.9. The number of carbonyl (C=O) groups is 2. The molecule has 2 amide bonds. The lowest BCUT2D eigenvalue weighted by molar-refractivity contribution is -0.156. The van der Waals surface area contributed by atoms with Crippen molar-refractivity contribution in [1.82, 2.24) is 9.80 Å². The molecule has 0 atom stereocenters. The van der Waals surface area contributed by atoms with E-state index in [0.717, 1.165) is 5.56 Å². The molecule has 0 aliphatic carbocycles. The standard InChI is InChI=1S/C13H16ClN3O2/c1-2-16-5-6-17(13(19)12(16)18)8-9-3-4-10(14)11(15)7-9/h3-4,7H,2,5-6,8,15H2,1H3. The van der Waals surface area contributed by atoms with Crippen molar-refractivity contribution in [2.45, 2.75) is 13.5 Å². The van der Waals surface area contributed by atoms with E-state index in [1.807, 2.05) is 13.0 Å². The minimum absolute atomic E-state index is 0.378. The topological polar surface area (TPSA) is 66.6 Å². The molecule has 19 heavy (non-hydrogen) atoms. The molecular weight excluding hydrogens is 266 g/mol. The summed E-state index contributed by atoms with van der Waals surface area (Å²) in [6.07, 6.45) is 0. The number of halogens is 1. The second kappa shape index (κ2) is 5.48. The number of benzene rings is 1. The Labute approximate surface area is 116 Å². The van der Waals surface area contributed by atoms with Gasteiger partial charge in [-0.1, -0.05) is 17.7 Å². The van der Waals surface area contributed by atoms with Gasteiger partial charge in [-0.2, -0.15) is 0 Å². The van der Waals surface area contributed by atoms with Crippen LogP contribution < -0.4 is 5.73 Å². The van der Waals surface area contributed by atoms with Gasteiger partial charge in [0.25, 0.3) is 0 Å². The molecule has 0 radical (unpaired) electrons. The molecule has 5 nitrogen and oxygen atoms in total. The minimum atomic E-state index is -0.457. The summed E-state index contributed by atoms with van der Waals surface area (Å²) in [5.74, 6) is -0.891. The molecule has 0 bridgehead atoms. The van der Waals surface area contributed by atoms with Gasteiger partial charge in [0.05, 0.1) is 10.7 Å². The van der Waals surface area contributed by atoms with Crippen LogP contribution >= 0.6 is 11.6 Å². The van der Waals surface area contributed by atoms with Crippen molar-refractivity contribution in [3.05, 3.63) is 28.8 Å². The highest BCUT2D eigenvalue weighted by Crippen LogP contribution is 2.21. The number of anilines is 1. The van der Waals surface area contributed by atoms with Crippen LogP contribution in [0, 0.1) is 0 Å². The third-order valence-corrected chi connectivity index (χ3v) is 3.56. The Balaban J connectivity index is 2.09. The highest BCUT2D eigenvalue weighted by molar-refractivity contribution is 6.35. The second-order valence-electron chi connectivity index (χ2n) is 4.47. The molecule has 1 heterocycles. The number of piperazine rings is 1. The van der Waals surface area contributed by atoms with Crippen molar-refractivity contribution in [1.29, 1.82) is 0 Å². The monoisotopic (exact) mass is 281 g/mol. The van der Waals surface area contributed by atoms with Crippen molar-refractivity contribution in [2.75, 3.05) is 25.4 Å². The lowest BCUT2D eigenvalue weighted by atomic mass is 10.1. The summed E-state index contributed by atoms with van der Waals surface area (Å²) in [4.78, 5) is 26.8. The molecule has 1 fully saturated rings. The summed E-state index contributed by atoms with van der Waals surface area (Å²) in [6, 6.07) is 5.23. The molecular formula is C13H16ClN3O2. The van der Waals surface area contributed by atoms with E-state index in [0.29, 0.717) is 36.9 Å². The first kappa shape index (κ1) is 13.7. The predicted molar refractivity (Wildman–Crippen MR) is 73.5 cm³/mol.